The number of sulfonamides is 1. The molecule has 0 unspecified atom stereocenters. The monoisotopic (exact) mass is 285 g/mol. The fraction of sp³-hybridized carbons (Fsp3) is 0.417. The SMILES string of the molecule is COC(=O)c1cc(S(=O)(=O)NC2CCC2)ccc1O. The van der Waals surface area contributed by atoms with Crippen LogP contribution in [0, 0.1) is 0 Å². The van der Waals surface area contributed by atoms with Crippen molar-refractivity contribution in [2.24, 2.45) is 0 Å². The van der Waals surface area contributed by atoms with Gasteiger partial charge in [-0.3, -0.25) is 0 Å². The van der Waals surface area contributed by atoms with Crippen LogP contribution in [0.5, 0.6) is 5.75 Å². The molecule has 0 saturated heterocycles. The Kier molecular flexibility index (Phi) is 3.77. The molecule has 1 aliphatic rings. The van der Waals surface area contributed by atoms with Crippen LogP contribution in [-0.4, -0.2) is 32.6 Å². The van der Waals surface area contributed by atoms with E-state index < -0.39 is 16.0 Å². The smallest absolute Gasteiger partial charge is 0.341 e. The highest BCUT2D eigenvalue weighted by Crippen LogP contribution is 2.24. The quantitative estimate of drug-likeness (QED) is 0.805. The van der Waals surface area contributed by atoms with Gasteiger partial charge < -0.3 is 9.84 Å². The van der Waals surface area contributed by atoms with Gasteiger partial charge in [-0.05, 0) is 31.0 Å². The van der Waals surface area contributed by atoms with Gasteiger partial charge in [0.2, 0.25) is 10.0 Å². The van der Waals surface area contributed by atoms with E-state index in [2.05, 4.69) is 9.46 Å². The van der Waals surface area contributed by atoms with E-state index in [1.807, 2.05) is 0 Å². The van der Waals surface area contributed by atoms with Crippen molar-refractivity contribution in [3.8, 4) is 5.75 Å². The summed E-state index contributed by atoms with van der Waals surface area (Å²) in [6.45, 7) is 0. The van der Waals surface area contributed by atoms with Crippen LogP contribution in [0.4, 0.5) is 0 Å². The van der Waals surface area contributed by atoms with Gasteiger partial charge in [-0.25, -0.2) is 17.9 Å². The third-order valence-electron chi connectivity index (χ3n) is 3.11. The van der Waals surface area contributed by atoms with Crippen LogP contribution in [0.15, 0.2) is 23.1 Å². The summed E-state index contributed by atoms with van der Waals surface area (Å²) in [5.74, 6) is -1.09. The largest absolute Gasteiger partial charge is 0.507 e. The Balaban J connectivity index is 2.31. The van der Waals surface area contributed by atoms with Crippen LogP contribution in [-0.2, 0) is 14.8 Å². The number of carbonyl (C=O) groups is 1. The van der Waals surface area contributed by atoms with Gasteiger partial charge in [0.1, 0.15) is 11.3 Å². The number of ether oxygens (including phenoxy) is 1. The van der Waals surface area contributed by atoms with E-state index in [1.54, 1.807) is 0 Å². The molecule has 0 atom stereocenters. The van der Waals surface area contributed by atoms with Crippen molar-refractivity contribution in [3.63, 3.8) is 0 Å². The number of benzene rings is 1. The van der Waals surface area contributed by atoms with Crippen molar-refractivity contribution in [3.05, 3.63) is 23.8 Å². The van der Waals surface area contributed by atoms with E-state index in [-0.39, 0.29) is 22.3 Å². The summed E-state index contributed by atoms with van der Waals surface area (Å²) in [5.41, 5.74) is -0.168. The Bertz CT molecular complexity index is 592. The molecule has 0 radical (unpaired) electrons. The predicted molar refractivity (Wildman–Crippen MR) is 67.4 cm³/mol. The summed E-state index contributed by atoms with van der Waals surface area (Å²) in [6, 6.07) is 3.49. The summed E-state index contributed by atoms with van der Waals surface area (Å²) in [7, 11) is -2.51. The maximum Gasteiger partial charge on any atom is 0.341 e. The third-order valence-corrected chi connectivity index (χ3v) is 4.63. The first kappa shape index (κ1) is 13.8. The summed E-state index contributed by atoms with van der Waals surface area (Å²) >= 11 is 0. The molecule has 1 fully saturated rings. The number of phenolic OH excluding ortho intramolecular Hbond substituents is 1. The number of carbonyl (C=O) groups excluding carboxylic acids is 1. The number of phenols is 1. The minimum absolute atomic E-state index is 0.0413. The molecule has 19 heavy (non-hydrogen) atoms. The number of rotatable bonds is 4. The molecular weight excluding hydrogens is 270 g/mol. The molecule has 0 aromatic heterocycles. The minimum atomic E-state index is -3.67. The number of esters is 1. The number of methoxy groups -OCH3 is 1. The zero-order chi connectivity index (χ0) is 14.0. The summed E-state index contributed by atoms with van der Waals surface area (Å²) in [4.78, 5) is 11.3. The molecule has 0 amide bonds. The second kappa shape index (κ2) is 5.18. The Hall–Kier alpha value is -1.60. The number of hydrogen-bond donors (Lipinski definition) is 2. The second-order valence-corrected chi connectivity index (χ2v) is 6.13. The standard InChI is InChI=1S/C12H15NO5S/c1-18-12(15)10-7-9(5-6-11(10)14)19(16,17)13-8-3-2-4-8/h5-8,13-14H,2-4H2,1H3. The highest BCUT2D eigenvalue weighted by molar-refractivity contribution is 7.89. The fourth-order valence-electron chi connectivity index (χ4n) is 1.77. The molecule has 0 spiro atoms. The molecule has 1 saturated carbocycles. The Labute approximate surface area is 111 Å². The average molecular weight is 285 g/mol. The van der Waals surface area contributed by atoms with Crippen LogP contribution in [0.1, 0.15) is 29.6 Å². The maximum absolute atomic E-state index is 12.1. The highest BCUT2D eigenvalue weighted by Gasteiger charge is 2.26. The van der Waals surface area contributed by atoms with Crippen LogP contribution >= 0.6 is 0 Å². The van der Waals surface area contributed by atoms with Crippen LogP contribution in [0.2, 0.25) is 0 Å². The molecule has 1 aromatic rings. The lowest BCUT2D eigenvalue weighted by Crippen LogP contribution is -2.39. The molecule has 6 nitrogen and oxygen atoms in total. The third kappa shape index (κ3) is 2.87. The Morgan fingerprint density at radius 1 is 1.42 bits per heavy atom. The molecule has 0 bridgehead atoms. The van der Waals surface area contributed by atoms with Crippen molar-refractivity contribution in [2.75, 3.05) is 7.11 Å². The van der Waals surface area contributed by atoms with E-state index >= 15 is 0 Å². The van der Waals surface area contributed by atoms with E-state index in [0.717, 1.165) is 32.4 Å². The summed E-state index contributed by atoms with van der Waals surface area (Å²) in [5, 5.41) is 9.53. The summed E-state index contributed by atoms with van der Waals surface area (Å²) in [6.07, 6.45) is 2.65. The van der Waals surface area contributed by atoms with Gasteiger partial charge in [-0.2, -0.15) is 0 Å². The number of hydrogen-bond acceptors (Lipinski definition) is 5. The predicted octanol–water partition coefficient (Wildman–Crippen LogP) is 1.01. The molecule has 7 heteroatoms. The molecule has 0 heterocycles. The molecular formula is C12H15NO5S. The van der Waals surface area contributed by atoms with Crippen molar-refractivity contribution in [1.29, 1.82) is 0 Å². The Morgan fingerprint density at radius 2 is 2.11 bits per heavy atom. The van der Waals surface area contributed by atoms with Gasteiger partial charge in [-0.15, -0.1) is 0 Å². The van der Waals surface area contributed by atoms with E-state index in [0.29, 0.717) is 0 Å². The van der Waals surface area contributed by atoms with Gasteiger partial charge >= 0.3 is 5.97 Å². The molecule has 0 aliphatic heterocycles. The zero-order valence-electron chi connectivity index (χ0n) is 10.4. The number of aromatic hydroxyl groups is 1. The lowest BCUT2D eigenvalue weighted by Gasteiger charge is -2.26. The maximum atomic E-state index is 12.1. The van der Waals surface area contributed by atoms with E-state index in [1.165, 1.54) is 12.1 Å². The van der Waals surface area contributed by atoms with Crippen LogP contribution < -0.4 is 4.72 Å². The first-order valence-electron chi connectivity index (χ1n) is 5.87. The minimum Gasteiger partial charge on any atom is -0.507 e. The molecule has 104 valence electrons. The summed E-state index contributed by atoms with van der Waals surface area (Å²) < 4.78 is 31.2. The number of nitrogens with one attached hydrogen (secondary N) is 1. The molecule has 2 N–H and O–H groups in total. The zero-order valence-corrected chi connectivity index (χ0v) is 11.2. The van der Waals surface area contributed by atoms with Gasteiger partial charge in [0, 0.05) is 6.04 Å². The molecule has 1 aromatic carbocycles. The van der Waals surface area contributed by atoms with Gasteiger partial charge in [-0.1, -0.05) is 6.42 Å². The van der Waals surface area contributed by atoms with E-state index in [4.69, 9.17) is 0 Å². The van der Waals surface area contributed by atoms with Crippen molar-refractivity contribution >= 4 is 16.0 Å². The van der Waals surface area contributed by atoms with Crippen LogP contribution in [0.25, 0.3) is 0 Å². The first-order valence-corrected chi connectivity index (χ1v) is 7.36. The lowest BCUT2D eigenvalue weighted by atomic mass is 9.94. The molecule has 2 rings (SSSR count). The lowest BCUT2D eigenvalue weighted by molar-refractivity contribution is 0.0597. The van der Waals surface area contributed by atoms with Gasteiger partial charge in [0.05, 0.1) is 12.0 Å². The van der Waals surface area contributed by atoms with Crippen molar-refractivity contribution in [2.45, 2.75) is 30.2 Å². The van der Waals surface area contributed by atoms with Gasteiger partial charge in [0.15, 0.2) is 0 Å². The fourth-order valence-corrected chi connectivity index (χ4v) is 3.10. The van der Waals surface area contributed by atoms with E-state index in [9.17, 15) is 18.3 Å². The first-order chi connectivity index (χ1) is 8.94. The second-order valence-electron chi connectivity index (χ2n) is 4.42. The average Bonchev–Trinajstić information content (AvgIpc) is 2.33. The molecule has 1 aliphatic carbocycles. The van der Waals surface area contributed by atoms with Crippen molar-refractivity contribution in [1.82, 2.24) is 4.72 Å². The van der Waals surface area contributed by atoms with Crippen molar-refractivity contribution < 1.29 is 23.1 Å². The topological polar surface area (TPSA) is 92.7 Å². The van der Waals surface area contributed by atoms with Gasteiger partial charge in [0.25, 0.3) is 0 Å². The highest BCUT2D eigenvalue weighted by atomic mass is 32.2. The van der Waals surface area contributed by atoms with Crippen LogP contribution in [0.3, 0.4) is 0 Å². The Morgan fingerprint density at radius 3 is 2.63 bits per heavy atom. The normalized spacial score (nSPS) is 15.8.